The van der Waals surface area contributed by atoms with Gasteiger partial charge in [0.15, 0.2) is 0 Å². The van der Waals surface area contributed by atoms with E-state index in [0.717, 1.165) is 19.6 Å². The lowest BCUT2D eigenvalue weighted by Gasteiger charge is -2.10. The second kappa shape index (κ2) is 3.28. The summed E-state index contributed by atoms with van der Waals surface area (Å²) in [4.78, 5) is 2.26. The Morgan fingerprint density at radius 2 is 2.14 bits per heavy atom. The van der Waals surface area contributed by atoms with Gasteiger partial charge in [-0.05, 0) is 13.0 Å². The van der Waals surface area contributed by atoms with Crippen LogP contribution in [0.2, 0.25) is 0 Å². The van der Waals surface area contributed by atoms with Crippen LogP contribution in [0.4, 0.5) is 5.82 Å². The molecule has 14 heavy (non-hydrogen) atoms. The first kappa shape index (κ1) is 9.52. The number of nitrogen functional groups attached to an aromatic ring is 1. The first-order valence-electron chi connectivity index (χ1n) is 5.10. The predicted molar refractivity (Wildman–Crippen MR) is 56.6 cm³/mol. The lowest BCUT2D eigenvalue weighted by Crippen LogP contribution is -2.14. The molecule has 0 aromatic carbocycles. The van der Waals surface area contributed by atoms with Gasteiger partial charge in [-0.15, -0.1) is 0 Å². The van der Waals surface area contributed by atoms with Gasteiger partial charge in [-0.1, -0.05) is 13.8 Å². The van der Waals surface area contributed by atoms with Gasteiger partial charge in [0.2, 0.25) is 0 Å². The molecule has 0 saturated carbocycles. The van der Waals surface area contributed by atoms with E-state index in [1.54, 1.807) is 0 Å². The van der Waals surface area contributed by atoms with Gasteiger partial charge in [-0.3, -0.25) is 9.58 Å². The highest BCUT2D eigenvalue weighted by Crippen LogP contribution is 2.26. The molecule has 0 radical (unpaired) electrons. The standard InChI is InChI=1S/C10H18N4/c1-7(2)4-14-9-6-13(3)5-8(9)10(11)12-14/h7H,4-6H2,1-3H3,(H2,11,12). The molecular formula is C10H18N4. The molecule has 0 aliphatic carbocycles. The Bertz CT molecular complexity index is 340. The molecule has 0 fully saturated rings. The van der Waals surface area contributed by atoms with Crippen LogP contribution in [0, 0.1) is 5.92 Å². The van der Waals surface area contributed by atoms with Crippen LogP contribution in [0.25, 0.3) is 0 Å². The quantitative estimate of drug-likeness (QED) is 0.766. The average molecular weight is 194 g/mol. The zero-order valence-corrected chi connectivity index (χ0v) is 9.12. The summed E-state index contributed by atoms with van der Waals surface area (Å²) in [7, 11) is 2.11. The molecule has 4 heteroatoms. The normalized spacial score (nSPS) is 16.6. The van der Waals surface area contributed by atoms with Gasteiger partial charge in [-0.2, -0.15) is 5.10 Å². The molecule has 1 aliphatic rings. The summed E-state index contributed by atoms with van der Waals surface area (Å²) in [6.45, 7) is 7.28. The van der Waals surface area contributed by atoms with Crippen LogP contribution in [0.5, 0.6) is 0 Å². The summed E-state index contributed by atoms with van der Waals surface area (Å²) in [6.07, 6.45) is 0. The Kier molecular flexibility index (Phi) is 2.23. The van der Waals surface area contributed by atoms with Gasteiger partial charge in [0.05, 0.1) is 5.69 Å². The number of hydrogen-bond donors (Lipinski definition) is 1. The lowest BCUT2D eigenvalue weighted by molar-refractivity contribution is 0.337. The van der Waals surface area contributed by atoms with Crippen LogP contribution >= 0.6 is 0 Å². The Labute approximate surface area is 84.7 Å². The van der Waals surface area contributed by atoms with E-state index in [4.69, 9.17) is 5.73 Å². The van der Waals surface area contributed by atoms with E-state index >= 15 is 0 Å². The highest BCUT2D eigenvalue weighted by molar-refractivity contribution is 5.44. The van der Waals surface area contributed by atoms with Crippen molar-refractivity contribution < 1.29 is 0 Å². The average Bonchev–Trinajstić information content (AvgIpc) is 2.54. The van der Waals surface area contributed by atoms with Crippen molar-refractivity contribution in [2.24, 2.45) is 5.92 Å². The predicted octanol–water partition coefficient (Wildman–Crippen LogP) is 1.07. The minimum atomic E-state index is 0.615. The van der Waals surface area contributed by atoms with E-state index in [2.05, 4.69) is 35.6 Å². The maximum Gasteiger partial charge on any atom is 0.150 e. The van der Waals surface area contributed by atoms with E-state index in [1.807, 2.05) is 0 Å². The first-order valence-corrected chi connectivity index (χ1v) is 5.10. The summed E-state index contributed by atoms with van der Waals surface area (Å²) in [5.41, 5.74) is 8.41. The molecule has 0 bridgehead atoms. The first-order chi connectivity index (χ1) is 6.58. The number of hydrogen-bond acceptors (Lipinski definition) is 3. The number of nitrogens with zero attached hydrogens (tertiary/aromatic N) is 3. The Morgan fingerprint density at radius 3 is 2.79 bits per heavy atom. The third-order valence-corrected chi connectivity index (χ3v) is 2.58. The van der Waals surface area contributed by atoms with Gasteiger partial charge in [0.25, 0.3) is 0 Å². The zero-order chi connectivity index (χ0) is 10.3. The summed E-state index contributed by atoms with van der Waals surface area (Å²) < 4.78 is 2.07. The molecule has 1 aliphatic heterocycles. The second-order valence-electron chi connectivity index (χ2n) is 4.56. The van der Waals surface area contributed by atoms with Gasteiger partial charge in [0.1, 0.15) is 5.82 Å². The van der Waals surface area contributed by atoms with Crippen molar-refractivity contribution in [1.82, 2.24) is 14.7 Å². The smallest absolute Gasteiger partial charge is 0.150 e. The Morgan fingerprint density at radius 1 is 1.43 bits per heavy atom. The molecule has 1 aromatic rings. The van der Waals surface area contributed by atoms with E-state index in [-0.39, 0.29) is 0 Å². The number of anilines is 1. The van der Waals surface area contributed by atoms with Crippen molar-refractivity contribution in [3.05, 3.63) is 11.3 Å². The summed E-state index contributed by atoms with van der Waals surface area (Å²) >= 11 is 0. The Hall–Kier alpha value is -1.03. The van der Waals surface area contributed by atoms with E-state index in [9.17, 15) is 0 Å². The highest BCUT2D eigenvalue weighted by atomic mass is 15.3. The number of fused-ring (bicyclic) bond motifs is 1. The van der Waals surface area contributed by atoms with E-state index in [0.29, 0.717) is 11.7 Å². The third-order valence-electron chi connectivity index (χ3n) is 2.58. The second-order valence-corrected chi connectivity index (χ2v) is 4.56. The molecule has 2 heterocycles. The maximum absolute atomic E-state index is 5.87. The summed E-state index contributed by atoms with van der Waals surface area (Å²) in [6, 6.07) is 0. The largest absolute Gasteiger partial charge is 0.382 e. The number of nitrogens with two attached hydrogens (primary N) is 1. The molecular weight excluding hydrogens is 176 g/mol. The van der Waals surface area contributed by atoms with Crippen LogP contribution < -0.4 is 5.73 Å². The van der Waals surface area contributed by atoms with Gasteiger partial charge >= 0.3 is 0 Å². The molecule has 2 N–H and O–H groups in total. The van der Waals surface area contributed by atoms with Crippen LogP contribution in [-0.2, 0) is 19.6 Å². The minimum Gasteiger partial charge on any atom is -0.382 e. The van der Waals surface area contributed by atoms with Crippen LogP contribution in [0.1, 0.15) is 25.1 Å². The fourth-order valence-electron chi connectivity index (χ4n) is 1.98. The van der Waals surface area contributed by atoms with Crippen molar-refractivity contribution in [2.45, 2.75) is 33.5 Å². The van der Waals surface area contributed by atoms with Crippen molar-refractivity contribution in [1.29, 1.82) is 0 Å². The fourth-order valence-corrected chi connectivity index (χ4v) is 1.98. The SMILES string of the molecule is CC(C)Cn1nc(N)c2c1CN(C)C2. The molecule has 0 spiro atoms. The molecule has 1 aromatic heterocycles. The molecule has 0 amide bonds. The summed E-state index contributed by atoms with van der Waals surface area (Å²) in [5, 5.41) is 4.37. The number of aromatic nitrogens is 2. The van der Waals surface area contributed by atoms with Crippen LogP contribution in [-0.4, -0.2) is 21.7 Å². The van der Waals surface area contributed by atoms with Gasteiger partial charge in [0, 0.05) is 25.2 Å². The molecule has 2 rings (SSSR count). The fraction of sp³-hybridized carbons (Fsp3) is 0.700. The lowest BCUT2D eigenvalue weighted by atomic mass is 10.2. The molecule has 0 unspecified atom stereocenters. The minimum absolute atomic E-state index is 0.615. The molecule has 0 saturated heterocycles. The molecule has 0 atom stereocenters. The topological polar surface area (TPSA) is 47.1 Å². The van der Waals surface area contributed by atoms with Crippen molar-refractivity contribution in [2.75, 3.05) is 12.8 Å². The van der Waals surface area contributed by atoms with Crippen molar-refractivity contribution >= 4 is 5.82 Å². The van der Waals surface area contributed by atoms with Crippen LogP contribution in [0.15, 0.2) is 0 Å². The Balaban J connectivity index is 2.31. The highest BCUT2D eigenvalue weighted by Gasteiger charge is 2.24. The molecule has 78 valence electrons. The maximum atomic E-state index is 5.87. The number of rotatable bonds is 2. The van der Waals surface area contributed by atoms with Crippen molar-refractivity contribution in [3.8, 4) is 0 Å². The monoisotopic (exact) mass is 194 g/mol. The van der Waals surface area contributed by atoms with E-state index < -0.39 is 0 Å². The summed E-state index contributed by atoms with van der Waals surface area (Å²) in [5.74, 6) is 1.33. The molecule has 4 nitrogen and oxygen atoms in total. The van der Waals surface area contributed by atoms with Crippen LogP contribution in [0.3, 0.4) is 0 Å². The third kappa shape index (κ3) is 1.50. The van der Waals surface area contributed by atoms with Gasteiger partial charge in [-0.25, -0.2) is 0 Å². The van der Waals surface area contributed by atoms with Gasteiger partial charge < -0.3 is 5.73 Å². The zero-order valence-electron chi connectivity index (χ0n) is 9.12. The van der Waals surface area contributed by atoms with E-state index in [1.165, 1.54) is 11.3 Å². The van der Waals surface area contributed by atoms with Crippen molar-refractivity contribution in [3.63, 3.8) is 0 Å².